The summed E-state index contributed by atoms with van der Waals surface area (Å²) in [7, 11) is 0. The lowest BCUT2D eigenvalue weighted by atomic mass is 10.1. The number of halogens is 2. The second-order valence-electron chi connectivity index (χ2n) is 7.47. The lowest BCUT2D eigenvalue weighted by Gasteiger charge is -2.12. The van der Waals surface area contributed by atoms with E-state index >= 15 is 0 Å². The topological polar surface area (TPSA) is 88.9 Å². The van der Waals surface area contributed by atoms with Crippen molar-refractivity contribution in [3.8, 4) is 0 Å². The third kappa shape index (κ3) is 7.07. The molecule has 2 N–H and O–H groups in total. The van der Waals surface area contributed by atoms with E-state index < -0.39 is 0 Å². The van der Waals surface area contributed by atoms with Crippen LogP contribution in [0.3, 0.4) is 0 Å². The van der Waals surface area contributed by atoms with Gasteiger partial charge in [0.05, 0.1) is 12.3 Å². The Balaban J connectivity index is 1.56. The number of hydrogen-bond donors (Lipinski definition) is 2. The molecule has 0 saturated heterocycles. The minimum atomic E-state index is -0.262. The monoisotopic (exact) mass is 609 g/mol. The van der Waals surface area contributed by atoms with Crippen LogP contribution in [0, 0.1) is 17.4 Å². The third-order valence-corrected chi connectivity index (χ3v) is 6.88. The van der Waals surface area contributed by atoms with Crippen LogP contribution in [0.5, 0.6) is 0 Å². The summed E-state index contributed by atoms with van der Waals surface area (Å²) in [4.78, 5) is 24.8. The van der Waals surface area contributed by atoms with Crippen molar-refractivity contribution < 1.29 is 9.59 Å². The quantitative estimate of drug-likeness (QED) is 0.197. The highest BCUT2D eigenvalue weighted by Crippen LogP contribution is 2.24. The molecule has 178 valence electrons. The number of aromatic nitrogens is 3. The number of hydrogen-bond acceptors (Lipinski definition) is 5. The van der Waals surface area contributed by atoms with Crippen molar-refractivity contribution in [3.05, 3.63) is 73.6 Å². The Morgan fingerprint density at radius 1 is 1.18 bits per heavy atom. The van der Waals surface area contributed by atoms with Crippen molar-refractivity contribution >= 4 is 69.5 Å². The maximum Gasteiger partial charge on any atom is 0.244 e. The van der Waals surface area contributed by atoms with Gasteiger partial charge in [-0.3, -0.25) is 9.59 Å². The van der Waals surface area contributed by atoms with Gasteiger partial charge >= 0.3 is 0 Å². The first-order valence-electron chi connectivity index (χ1n) is 10.6. The highest BCUT2D eigenvalue weighted by molar-refractivity contribution is 14.1. The molecule has 0 aliphatic carbocycles. The average molecular weight is 610 g/mol. The van der Waals surface area contributed by atoms with Crippen LogP contribution in [0.1, 0.15) is 29.4 Å². The van der Waals surface area contributed by atoms with Crippen LogP contribution in [0.15, 0.2) is 47.6 Å². The molecule has 3 rings (SSSR count). The molecule has 10 heteroatoms. The number of carbonyl (C=O) groups excluding carboxylic acids is 2. The number of benzene rings is 2. The summed E-state index contributed by atoms with van der Waals surface area (Å²) in [5.41, 5.74) is 3.67. The molecule has 0 aliphatic heterocycles. The van der Waals surface area contributed by atoms with Gasteiger partial charge < -0.3 is 15.2 Å². The Kier molecular flexibility index (Phi) is 9.54. The molecule has 0 saturated carbocycles. The molecule has 0 fully saturated rings. The summed E-state index contributed by atoms with van der Waals surface area (Å²) in [5, 5.41) is 15.4. The van der Waals surface area contributed by atoms with Gasteiger partial charge in [0.25, 0.3) is 0 Å². The molecule has 7 nitrogen and oxygen atoms in total. The molecule has 0 unspecified atom stereocenters. The molecule has 2 aromatic carbocycles. The van der Waals surface area contributed by atoms with E-state index in [1.165, 1.54) is 17.8 Å². The molecular weight excluding hydrogens is 585 g/mol. The number of aryl methyl sites for hydroxylation is 2. The van der Waals surface area contributed by atoms with Crippen LogP contribution in [-0.4, -0.2) is 32.3 Å². The molecule has 0 bridgehead atoms. The van der Waals surface area contributed by atoms with E-state index in [-0.39, 0.29) is 24.1 Å². The second-order valence-corrected chi connectivity index (χ2v) is 10.1. The van der Waals surface area contributed by atoms with Gasteiger partial charge in [-0.2, -0.15) is 0 Å². The zero-order chi connectivity index (χ0) is 24.7. The van der Waals surface area contributed by atoms with E-state index in [1.807, 2.05) is 55.7 Å². The van der Waals surface area contributed by atoms with Crippen molar-refractivity contribution in [3.63, 3.8) is 0 Å². The summed E-state index contributed by atoms with van der Waals surface area (Å²) in [5.74, 6) is 0.454. The summed E-state index contributed by atoms with van der Waals surface area (Å²) < 4.78 is 3.02. The van der Waals surface area contributed by atoms with Crippen molar-refractivity contribution in [2.45, 2.75) is 39.0 Å². The molecule has 0 spiro atoms. The lowest BCUT2D eigenvalue weighted by molar-refractivity contribution is -0.116. The van der Waals surface area contributed by atoms with Crippen LogP contribution in [0.25, 0.3) is 6.08 Å². The average Bonchev–Trinajstić information content (AvgIpc) is 3.20. The van der Waals surface area contributed by atoms with E-state index in [2.05, 4.69) is 43.4 Å². The Hall–Kier alpha value is -2.37. The van der Waals surface area contributed by atoms with Gasteiger partial charge in [-0.25, -0.2) is 0 Å². The largest absolute Gasteiger partial charge is 0.345 e. The minimum Gasteiger partial charge on any atom is -0.345 e. The van der Waals surface area contributed by atoms with Gasteiger partial charge in [-0.1, -0.05) is 41.6 Å². The molecule has 3 aromatic rings. The Labute approximate surface area is 221 Å². The SMILES string of the molecule is CCn1c(CNC(=O)/C=C/c2ccccc2Cl)nnc1SCC(=O)Nc1c(C)cc(I)cc1C. The maximum atomic E-state index is 12.5. The number of carbonyl (C=O) groups is 2. The van der Waals surface area contributed by atoms with E-state index in [1.54, 1.807) is 12.1 Å². The van der Waals surface area contributed by atoms with Crippen LogP contribution in [-0.2, 0) is 22.7 Å². The van der Waals surface area contributed by atoms with Crippen molar-refractivity contribution in [2.24, 2.45) is 0 Å². The first-order valence-corrected chi connectivity index (χ1v) is 13.0. The second kappa shape index (κ2) is 12.4. The minimum absolute atomic E-state index is 0.109. The van der Waals surface area contributed by atoms with Crippen molar-refractivity contribution in [2.75, 3.05) is 11.1 Å². The van der Waals surface area contributed by atoms with Crippen LogP contribution in [0.4, 0.5) is 5.69 Å². The van der Waals surface area contributed by atoms with E-state index in [0.29, 0.717) is 22.5 Å². The number of rotatable bonds is 9. The molecular formula is C24H25ClIN5O2S. The van der Waals surface area contributed by atoms with E-state index in [4.69, 9.17) is 11.6 Å². The van der Waals surface area contributed by atoms with Crippen LogP contribution < -0.4 is 10.6 Å². The lowest BCUT2D eigenvalue weighted by Crippen LogP contribution is -2.22. The number of thioether (sulfide) groups is 1. The van der Waals surface area contributed by atoms with Gasteiger partial charge in [-0.15, -0.1) is 10.2 Å². The fourth-order valence-corrected chi connectivity index (χ4v) is 5.24. The highest BCUT2D eigenvalue weighted by Gasteiger charge is 2.15. The van der Waals surface area contributed by atoms with Gasteiger partial charge in [0, 0.05) is 26.9 Å². The Bertz CT molecular complexity index is 1200. The standard InChI is InChI=1S/C24H25ClIN5O2S/c1-4-31-20(13-27-21(32)10-9-17-7-5-6-8-19(17)25)29-30-24(31)34-14-22(33)28-23-15(2)11-18(26)12-16(23)3/h5-12H,4,13-14H2,1-3H3,(H,27,32)(H,28,33)/b10-9+. The van der Waals surface area contributed by atoms with E-state index in [9.17, 15) is 9.59 Å². The maximum absolute atomic E-state index is 12.5. The summed E-state index contributed by atoms with van der Waals surface area (Å²) >= 11 is 9.68. The summed E-state index contributed by atoms with van der Waals surface area (Å²) in [6.45, 7) is 6.77. The number of anilines is 1. The van der Waals surface area contributed by atoms with Crippen LogP contribution >= 0.6 is 46.0 Å². The van der Waals surface area contributed by atoms with Gasteiger partial charge in [-0.05, 0) is 84.3 Å². The van der Waals surface area contributed by atoms with Crippen molar-refractivity contribution in [1.29, 1.82) is 0 Å². The highest BCUT2D eigenvalue weighted by atomic mass is 127. The van der Waals surface area contributed by atoms with Gasteiger partial charge in [0.15, 0.2) is 11.0 Å². The predicted octanol–water partition coefficient (Wildman–Crippen LogP) is 5.23. The van der Waals surface area contributed by atoms with Gasteiger partial charge in [0.1, 0.15) is 0 Å². The molecule has 0 radical (unpaired) electrons. The third-order valence-electron chi connectivity index (χ3n) is 4.94. The predicted molar refractivity (Wildman–Crippen MR) is 146 cm³/mol. The normalized spacial score (nSPS) is 11.1. The zero-order valence-corrected chi connectivity index (χ0v) is 22.8. The molecule has 0 atom stereocenters. The fourth-order valence-electron chi connectivity index (χ4n) is 3.29. The zero-order valence-electron chi connectivity index (χ0n) is 19.1. The van der Waals surface area contributed by atoms with Gasteiger partial charge in [0.2, 0.25) is 11.8 Å². The molecule has 34 heavy (non-hydrogen) atoms. The number of nitrogens with one attached hydrogen (secondary N) is 2. The molecule has 2 amide bonds. The van der Waals surface area contributed by atoms with Crippen LogP contribution in [0.2, 0.25) is 5.02 Å². The number of amides is 2. The Morgan fingerprint density at radius 3 is 2.56 bits per heavy atom. The first-order chi connectivity index (χ1) is 16.3. The summed E-state index contributed by atoms with van der Waals surface area (Å²) in [6.07, 6.45) is 3.10. The summed E-state index contributed by atoms with van der Waals surface area (Å²) in [6, 6.07) is 11.4. The molecule has 1 aromatic heterocycles. The smallest absolute Gasteiger partial charge is 0.244 e. The Morgan fingerprint density at radius 2 is 1.88 bits per heavy atom. The fraction of sp³-hybridized carbons (Fsp3) is 0.250. The number of nitrogens with zero attached hydrogens (tertiary/aromatic N) is 3. The first kappa shape index (κ1) is 26.2. The molecule has 0 aliphatic rings. The van der Waals surface area contributed by atoms with Crippen molar-refractivity contribution in [1.82, 2.24) is 20.1 Å². The molecule has 1 heterocycles. The van der Waals surface area contributed by atoms with E-state index in [0.717, 1.165) is 25.9 Å².